The summed E-state index contributed by atoms with van der Waals surface area (Å²) in [5.74, 6) is 1.70. The summed E-state index contributed by atoms with van der Waals surface area (Å²) < 4.78 is 7.11. The van der Waals surface area contributed by atoms with E-state index in [1.807, 2.05) is 34.9 Å². The zero-order valence-electron chi connectivity index (χ0n) is 10.4. The van der Waals surface area contributed by atoms with Crippen LogP contribution in [0.1, 0.15) is 11.4 Å². The largest absolute Gasteiger partial charge is 0.508 e. The van der Waals surface area contributed by atoms with Crippen LogP contribution in [-0.2, 0) is 6.42 Å². The van der Waals surface area contributed by atoms with E-state index in [2.05, 4.69) is 10.2 Å². The van der Waals surface area contributed by atoms with E-state index in [9.17, 15) is 5.11 Å². The third-order valence-corrected chi connectivity index (χ3v) is 3.03. The molecule has 0 saturated carbocycles. The van der Waals surface area contributed by atoms with Gasteiger partial charge in [-0.25, -0.2) is 0 Å². The Morgan fingerprint density at radius 1 is 1.16 bits per heavy atom. The Bertz CT molecular complexity index is 722. The van der Waals surface area contributed by atoms with E-state index in [1.165, 1.54) is 0 Å². The molecule has 5 heteroatoms. The van der Waals surface area contributed by atoms with E-state index in [-0.39, 0.29) is 5.75 Å². The number of pyridine rings is 1. The predicted molar refractivity (Wildman–Crippen MR) is 70.5 cm³/mol. The number of aromatic hydroxyl groups is 1. The van der Waals surface area contributed by atoms with Gasteiger partial charge in [0, 0.05) is 18.2 Å². The van der Waals surface area contributed by atoms with Gasteiger partial charge in [-0.3, -0.25) is 4.40 Å². The van der Waals surface area contributed by atoms with Crippen LogP contribution < -0.4 is 4.74 Å². The Kier molecular flexibility index (Phi) is 2.79. The molecule has 3 rings (SSSR count). The van der Waals surface area contributed by atoms with Crippen molar-refractivity contribution in [2.24, 2.45) is 0 Å². The average Bonchev–Trinajstić information content (AvgIpc) is 2.84. The van der Waals surface area contributed by atoms with Crippen LogP contribution in [0, 0.1) is 0 Å². The first-order valence-electron chi connectivity index (χ1n) is 5.93. The minimum Gasteiger partial charge on any atom is -0.508 e. The highest BCUT2D eigenvalue weighted by Gasteiger charge is 2.11. The topological polar surface area (TPSA) is 59.7 Å². The number of hydrogen-bond donors (Lipinski definition) is 1. The lowest BCUT2D eigenvalue weighted by atomic mass is 10.1. The molecule has 96 valence electrons. The lowest BCUT2D eigenvalue weighted by Crippen LogP contribution is -1.97. The maximum atomic E-state index is 9.80. The number of para-hydroxylation sites is 1. The van der Waals surface area contributed by atoms with E-state index < -0.39 is 0 Å². The van der Waals surface area contributed by atoms with Crippen LogP contribution in [0.5, 0.6) is 11.5 Å². The van der Waals surface area contributed by atoms with Crippen molar-refractivity contribution in [1.29, 1.82) is 0 Å². The van der Waals surface area contributed by atoms with Gasteiger partial charge in [0.1, 0.15) is 11.6 Å². The predicted octanol–water partition coefficient (Wildman–Crippen LogP) is 2.03. The molecular formula is C14H13N3O2. The van der Waals surface area contributed by atoms with Gasteiger partial charge >= 0.3 is 0 Å². The van der Waals surface area contributed by atoms with Crippen molar-refractivity contribution in [3.63, 3.8) is 0 Å². The molecule has 3 aromatic rings. The van der Waals surface area contributed by atoms with E-state index in [0.717, 1.165) is 11.4 Å². The van der Waals surface area contributed by atoms with Gasteiger partial charge in [-0.15, -0.1) is 10.2 Å². The smallest absolute Gasteiger partial charge is 0.203 e. The van der Waals surface area contributed by atoms with E-state index in [1.54, 1.807) is 19.2 Å². The van der Waals surface area contributed by atoms with Crippen LogP contribution in [0.3, 0.4) is 0 Å². The number of aromatic nitrogens is 3. The summed E-state index contributed by atoms with van der Waals surface area (Å²) in [5.41, 5.74) is 1.50. The van der Waals surface area contributed by atoms with Gasteiger partial charge in [0.25, 0.3) is 0 Å². The summed E-state index contributed by atoms with van der Waals surface area (Å²) >= 11 is 0. The van der Waals surface area contributed by atoms with E-state index in [0.29, 0.717) is 17.8 Å². The van der Waals surface area contributed by atoms with Gasteiger partial charge in [-0.2, -0.15) is 0 Å². The molecule has 0 spiro atoms. The molecule has 5 nitrogen and oxygen atoms in total. The molecule has 0 unspecified atom stereocenters. The molecule has 0 atom stereocenters. The molecule has 0 aliphatic heterocycles. The normalized spacial score (nSPS) is 10.8. The Morgan fingerprint density at radius 2 is 2.00 bits per heavy atom. The Hall–Kier alpha value is -2.56. The standard InChI is InChI=1S/C14H13N3O2/c1-19-12-7-4-8-17-13(15-16-14(12)17)9-10-5-2-3-6-11(10)18/h2-8,18H,9H2,1H3. The molecule has 0 aliphatic rings. The quantitative estimate of drug-likeness (QED) is 0.778. The lowest BCUT2D eigenvalue weighted by Gasteiger charge is -2.04. The highest BCUT2D eigenvalue weighted by molar-refractivity contribution is 5.53. The zero-order valence-corrected chi connectivity index (χ0v) is 10.4. The molecule has 0 saturated heterocycles. The zero-order chi connectivity index (χ0) is 13.2. The maximum absolute atomic E-state index is 9.80. The fourth-order valence-corrected chi connectivity index (χ4v) is 2.05. The van der Waals surface area contributed by atoms with Gasteiger partial charge < -0.3 is 9.84 Å². The minimum absolute atomic E-state index is 0.266. The summed E-state index contributed by atoms with van der Waals surface area (Å²) in [7, 11) is 1.60. The summed E-state index contributed by atoms with van der Waals surface area (Å²) in [6.07, 6.45) is 2.40. The fourth-order valence-electron chi connectivity index (χ4n) is 2.05. The number of methoxy groups -OCH3 is 1. The van der Waals surface area contributed by atoms with Gasteiger partial charge in [0.15, 0.2) is 5.75 Å². The van der Waals surface area contributed by atoms with E-state index >= 15 is 0 Å². The number of phenols is 1. The van der Waals surface area contributed by atoms with Crippen LogP contribution in [-0.4, -0.2) is 26.8 Å². The monoisotopic (exact) mass is 255 g/mol. The van der Waals surface area contributed by atoms with Crippen LogP contribution >= 0.6 is 0 Å². The molecule has 1 N–H and O–H groups in total. The molecule has 0 aliphatic carbocycles. The SMILES string of the molecule is COc1cccn2c(Cc3ccccc3O)nnc12. The molecule has 0 bridgehead atoms. The number of benzene rings is 1. The van der Waals surface area contributed by atoms with Crippen LogP contribution in [0.25, 0.3) is 5.65 Å². The molecular weight excluding hydrogens is 242 g/mol. The number of nitrogens with zero attached hydrogens (tertiary/aromatic N) is 3. The third kappa shape index (κ3) is 1.99. The maximum Gasteiger partial charge on any atom is 0.203 e. The lowest BCUT2D eigenvalue weighted by molar-refractivity contribution is 0.416. The minimum atomic E-state index is 0.266. The average molecular weight is 255 g/mol. The number of rotatable bonds is 3. The summed E-state index contributed by atoms with van der Waals surface area (Å²) in [6, 6.07) is 10.9. The molecule has 1 aromatic carbocycles. The van der Waals surface area contributed by atoms with Crippen LogP contribution in [0.15, 0.2) is 42.6 Å². The summed E-state index contributed by atoms with van der Waals surface area (Å²) in [5, 5.41) is 18.1. The van der Waals surface area contributed by atoms with Crippen molar-refractivity contribution in [2.75, 3.05) is 7.11 Å². The first-order chi connectivity index (χ1) is 9.29. The van der Waals surface area contributed by atoms with Crippen molar-refractivity contribution >= 4 is 5.65 Å². The number of phenolic OH excluding ortho intramolecular Hbond substituents is 1. The number of hydrogen-bond acceptors (Lipinski definition) is 4. The van der Waals surface area contributed by atoms with Crippen molar-refractivity contribution in [3.8, 4) is 11.5 Å². The Balaban J connectivity index is 2.05. The molecule has 0 radical (unpaired) electrons. The van der Waals surface area contributed by atoms with E-state index in [4.69, 9.17) is 4.74 Å². The van der Waals surface area contributed by atoms with Crippen LogP contribution in [0.4, 0.5) is 0 Å². The highest BCUT2D eigenvalue weighted by Crippen LogP contribution is 2.22. The molecule has 2 aromatic heterocycles. The van der Waals surface area contributed by atoms with Crippen LogP contribution in [0.2, 0.25) is 0 Å². The van der Waals surface area contributed by atoms with Gasteiger partial charge in [-0.05, 0) is 18.2 Å². The van der Waals surface area contributed by atoms with Crippen molar-refractivity contribution < 1.29 is 9.84 Å². The van der Waals surface area contributed by atoms with Crippen molar-refractivity contribution in [1.82, 2.24) is 14.6 Å². The molecule has 0 amide bonds. The fraction of sp³-hybridized carbons (Fsp3) is 0.143. The van der Waals surface area contributed by atoms with Crippen molar-refractivity contribution in [2.45, 2.75) is 6.42 Å². The molecule has 2 heterocycles. The van der Waals surface area contributed by atoms with Gasteiger partial charge in [-0.1, -0.05) is 18.2 Å². The molecule has 0 fully saturated rings. The Labute approximate surface area is 110 Å². The first kappa shape index (κ1) is 11.5. The summed E-state index contributed by atoms with van der Waals surface area (Å²) in [6.45, 7) is 0. The second-order valence-electron chi connectivity index (χ2n) is 4.19. The second-order valence-corrected chi connectivity index (χ2v) is 4.19. The molecule has 19 heavy (non-hydrogen) atoms. The first-order valence-corrected chi connectivity index (χ1v) is 5.93. The van der Waals surface area contributed by atoms with Crippen molar-refractivity contribution in [3.05, 3.63) is 54.0 Å². The number of fused-ring (bicyclic) bond motifs is 1. The summed E-state index contributed by atoms with van der Waals surface area (Å²) in [4.78, 5) is 0. The Morgan fingerprint density at radius 3 is 2.79 bits per heavy atom. The van der Waals surface area contributed by atoms with Gasteiger partial charge in [0.05, 0.1) is 7.11 Å². The highest BCUT2D eigenvalue weighted by atomic mass is 16.5. The van der Waals surface area contributed by atoms with Gasteiger partial charge in [0.2, 0.25) is 5.65 Å². The third-order valence-electron chi connectivity index (χ3n) is 3.03. The second kappa shape index (κ2) is 4.61. The number of ether oxygens (including phenoxy) is 1.